The average Bonchev–Trinajstić information content (AvgIpc) is 2.44. The summed E-state index contributed by atoms with van der Waals surface area (Å²) in [4.78, 5) is 4.45. The lowest BCUT2D eigenvalue weighted by Crippen LogP contribution is -1.97. The number of allylic oxidation sites excluding steroid dienone is 4. The standard InChI is InChI=1S/C16H13NO/c1-2-4-8-14-15(18-12-5-3-1)10-9-13-7-6-11-17-16(13)14/h1-11H,12H2/b2-1-,5-3-,8-4-. The van der Waals surface area contributed by atoms with E-state index in [2.05, 4.69) is 11.1 Å². The molecular weight excluding hydrogens is 222 g/mol. The second-order valence-corrected chi connectivity index (χ2v) is 4.04. The molecule has 2 nitrogen and oxygen atoms in total. The van der Waals surface area contributed by atoms with Crippen LogP contribution < -0.4 is 4.74 Å². The molecule has 2 heterocycles. The van der Waals surface area contributed by atoms with E-state index in [0.717, 1.165) is 22.2 Å². The first kappa shape index (κ1) is 10.8. The van der Waals surface area contributed by atoms with Crippen molar-refractivity contribution in [3.63, 3.8) is 0 Å². The minimum absolute atomic E-state index is 0.573. The Morgan fingerprint density at radius 2 is 1.94 bits per heavy atom. The van der Waals surface area contributed by atoms with Crippen LogP contribution in [0.1, 0.15) is 5.56 Å². The maximum absolute atomic E-state index is 5.76. The molecule has 88 valence electrons. The van der Waals surface area contributed by atoms with Gasteiger partial charge in [0.2, 0.25) is 0 Å². The number of benzene rings is 1. The number of aromatic nitrogens is 1. The highest BCUT2D eigenvalue weighted by Crippen LogP contribution is 2.28. The van der Waals surface area contributed by atoms with E-state index in [1.54, 1.807) is 0 Å². The van der Waals surface area contributed by atoms with Crippen molar-refractivity contribution in [2.45, 2.75) is 0 Å². The Labute approximate surface area is 106 Å². The third-order valence-corrected chi connectivity index (χ3v) is 2.84. The monoisotopic (exact) mass is 235 g/mol. The summed E-state index contributed by atoms with van der Waals surface area (Å²) in [6.07, 6.45) is 13.8. The second kappa shape index (κ2) is 4.88. The molecule has 1 aliphatic heterocycles. The summed E-state index contributed by atoms with van der Waals surface area (Å²) in [5.74, 6) is 0.873. The molecule has 1 aromatic heterocycles. The van der Waals surface area contributed by atoms with E-state index in [4.69, 9.17) is 4.74 Å². The lowest BCUT2D eigenvalue weighted by atomic mass is 10.1. The predicted octanol–water partition coefficient (Wildman–Crippen LogP) is 3.75. The summed E-state index contributed by atoms with van der Waals surface area (Å²) in [5.41, 5.74) is 2.01. The van der Waals surface area contributed by atoms with Crippen molar-refractivity contribution in [3.8, 4) is 5.75 Å². The second-order valence-electron chi connectivity index (χ2n) is 4.04. The van der Waals surface area contributed by atoms with Crippen LogP contribution >= 0.6 is 0 Å². The smallest absolute Gasteiger partial charge is 0.129 e. The maximum atomic E-state index is 5.76. The van der Waals surface area contributed by atoms with Crippen molar-refractivity contribution in [2.24, 2.45) is 0 Å². The van der Waals surface area contributed by atoms with Gasteiger partial charge in [0.15, 0.2) is 0 Å². The largest absolute Gasteiger partial charge is 0.489 e. The fraction of sp³-hybridized carbons (Fsp3) is 0.0625. The van der Waals surface area contributed by atoms with Gasteiger partial charge < -0.3 is 4.74 Å². The van der Waals surface area contributed by atoms with E-state index >= 15 is 0 Å². The zero-order valence-electron chi connectivity index (χ0n) is 9.91. The number of pyridine rings is 1. The summed E-state index contributed by atoms with van der Waals surface area (Å²) in [7, 11) is 0. The van der Waals surface area contributed by atoms with Gasteiger partial charge in [-0.15, -0.1) is 0 Å². The molecule has 3 rings (SSSR count). The van der Waals surface area contributed by atoms with Crippen LogP contribution in [0.5, 0.6) is 5.75 Å². The minimum atomic E-state index is 0.573. The molecular formula is C16H13NO. The van der Waals surface area contributed by atoms with Gasteiger partial charge in [-0.1, -0.05) is 30.4 Å². The molecule has 2 heteroatoms. The van der Waals surface area contributed by atoms with Crippen LogP contribution in [-0.4, -0.2) is 11.6 Å². The molecule has 0 saturated carbocycles. The van der Waals surface area contributed by atoms with Crippen LogP contribution in [0.2, 0.25) is 0 Å². The van der Waals surface area contributed by atoms with Crippen molar-refractivity contribution in [1.82, 2.24) is 4.98 Å². The molecule has 2 aromatic rings. The van der Waals surface area contributed by atoms with Crippen LogP contribution in [0.15, 0.2) is 60.8 Å². The van der Waals surface area contributed by atoms with Gasteiger partial charge in [-0.2, -0.15) is 0 Å². The van der Waals surface area contributed by atoms with Crippen LogP contribution in [0, 0.1) is 0 Å². The molecule has 0 unspecified atom stereocenters. The van der Waals surface area contributed by atoms with E-state index in [0.29, 0.717) is 6.61 Å². The number of hydrogen-bond donors (Lipinski definition) is 0. The van der Waals surface area contributed by atoms with Crippen molar-refractivity contribution in [1.29, 1.82) is 0 Å². The lowest BCUT2D eigenvalue weighted by Gasteiger charge is -2.10. The average molecular weight is 235 g/mol. The van der Waals surface area contributed by atoms with E-state index in [9.17, 15) is 0 Å². The first-order valence-electron chi connectivity index (χ1n) is 5.95. The summed E-state index contributed by atoms with van der Waals surface area (Å²) in [5, 5.41) is 1.13. The van der Waals surface area contributed by atoms with E-state index < -0.39 is 0 Å². The summed E-state index contributed by atoms with van der Waals surface area (Å²) in [6.45, 7) is 0.573. The Hall–Kier alpha value is -2.35. The molecule has 0 aliphatic carbocycles. The van der Waals surface area contributed by atoms with E-state index in [1.807, 2.05) is 60.9 Å². The molecule has 0 saturated heterocycles. The highest BCUT2D eigenvalue weighted by Gasteiger charge is 2.06. The fourth-order valence-corrected chi connectivity index (χ4v) is 1.99. The van der Waals surface area contributed by atoms with Gasteiger partial charge in [0.25, 0.3) is 0 Å². The topological polar surface area (TPSA) is 22.1 Å². The third-order valence-electron chi connectivity index (χ3n) is 2.84. The van der Waals surface area contributed by atoms with Crippen molar-refractivity contribution in [2.75, 3.05) is 6.61 Å². The molecule has 0 spiro atoms. The maximum Gasteiger partial charge on any atom is 0.129 e. The van der Waals surface area contributed by atoms with Crippen LogP contribution in [-0.2, 0) is 0 Å². The molecule has 0 amide bonds. The highest BCUT2D eigenvalue weighted by molar-refractivity contribution is 5.90. The number of rotatable bonds is 0. The molecule has 0 bridgehead atoms. The van der Waals surface area contributed by atoms with Gasteiger partial charge in [0, 0.05) is 17.1 Å². The van der Waals surface area contributed by atoms with Crippen LogP contribution in [0.25, 0.3) is 17.0 Å². The normalized spacial score (nSPS) is 19.6. The molecule has 0 N–H and O–H groups in total. The summed E-state index contributed by atoms with van der Waals surface area (Å²) < 4.78 is 5.76. The fourth-order valence-electron chi connectivity index (χ4n) is 1.99. The third kappa shape index (κ3) is 2.05. The molecule has 1 aliphatic rings. The highest BCUT2D eigenvalue weighted by atomic mass is 16.5. The quantitative estimate of drug-likeness (QED) is 0.693. The molecule has 0 fully saturated rings. The van der Waals surface area contributed by atoms with Gasteiger partial charge in [0.1, 0.15) is 12.4 Å². The summed E-state index contributed by atoms with van der Waals surface area (Å²) >= 11 is 0. The van der Waals surface area contributed by atoms with Crippen LogP contribution in [0.4, 0.5) is 0 Å². The molecule has 0 atom stereocenters. The molecule has 0 radical (unpaired) electrons. The van der Waals surface area contributed by atoms with Gasteiger partial charge in [-0.25, -0.2) is 0 Å². The Morgan fingerprint density at radius 1 is 1.00 bits per heavy atom. The minimum Gasteiger partial charge on any atom is -0.489 e. The number of fused-ring (bicyclic) bond motifs is 3. The van der Waals surface area contributed by atoms with Gasteiger partial charge >= 0.3 is 0 Å². The zero-order valence-corrected chi connectivity index (χ0v) is 9.91. The van der Waals surface area contributed by atoms with Gasteiger partial charge in [0.05, 0.1) is 5.52 Å². The number of ether oxygens (including phenoxy) is 1. The van der Waals surface area contributed by atoms with Gasteiger partial charge in [-0.05, 0) is 30.4 Å². The Morgan fingerprint density at radius 3 is 2.94 bits per heavy atom. The van der Waals surface area contributed by atoms with Crippen molar-refractivity contribution >= 4 is 17.0 Å². The van der Waals surface area contributed by atoms with Crippen molar-refractivity contribution < 1.29 is 4.74 Å². The first-order chi connectivity index (χ1) is 8.95. The predicted molar refractivity (Wildman–Crippen MR) is 74.6 cm³/mol. The molecule has 1 aromatic carbocycles. The van der Waals surface area contributed by atoms with Crippen molar-refractivity contribution in [3.05, 3.63) is 66.4 Å². The molecule has 18 heavy (non-hydrogen) atoms. The lowest BCUT2D eigenvalue weighted by molar-refractivity contribution is 0.362. The van der Waals surface area contributed by atoms with Crippen LogP contribution in [0.3, 0.4) is 0 Å². The Bertz CT molecular complexity index is 653. The van der Waals surface area contributed by atoms with E-state index in [1.165, 1.54) is 0 Å². The Kier molecular flexibility index (Phi) is 2.92. The number of hydrogen-bond acceptors (Lipinski definition) is 2. The number of nitrogens with zero attached hydrogens (tertiary/aromatic N) is 1. The first-order valence-corrected chi connectivity index (χ1v) is 5.95. The Balaban J connectivity index is 2.21. The zero-order chi connectivity index (χ0) is 12.2. The SMILES string of the molecule is C1=C\C=C/c2c(ccc3cccnc23)OC\C=C/1. The van der Waals surface area contributed by atoms with E-state index in [-0.39, 0.29) is 0 Å². The van der Waals surface area contributed by atoms with Gasteiger partial charge in [-0.3, -0.25) is 4.98 Å². The summed E-state index contributed by atoms with van der Waals surface area (Å²) in [6, 6.07) is 8.05.